The second kappa shape index (κ2) is 5.25. The van der Waals surface area contributed by atoms with E-state index in [-0.39, 0.29) is 5.56 Å². The molecule has 0 aliphatic rings. The molecule has 0 atom stereocenters. The quantitative estimate of drug-likeness (QED) is 0.767. The van der Waals surface area contributed by atoms with Crippen LogP contribution in [0.2, 0.25) is 0 Å². The van der Waals surface area contributed by atoms with Crippen LogP contribution in [-0.4, -0.2) is 24.6 Å². The number of aromatic nitrogens is 5. The van der Waals surface area contributed by atoms with Crippen molar-refractivity contribution < 1.29 is 0 Å². The molecule has 2 N–H and O–H groups in total. The van der Waals surface area contributed by atoms with Gasteiger partial charge in [-0.15, -0.1) is 0 Å². The molecule has 0 bridgehead atoms. The molecule has 3 heterocycles. The van der Waals surface area contributed by atoms with Crippen molar-refractivity contribution in [3.05, 3.63) is 50.8 Å². The number of aromatic amines is 1. The standard InChI is InChI=1S/C15H18N6O/c1-8-5-9(2)19-14(22)12(8)6-16-13-10(3)11(4)20-15-17-7-18-21(13)15/h5,7,16H,6H2,1-4H3,(H,19,22). The minimum absolute atomic E-state index is 0.0664. The predicted molar refractivity (Wildman–Crippen MR) is 84.1 cm³/mol. The topological polar surface area (TPSA) is 88.0 Å². The van der Waals surface area contributed by atoms with E-state index in [0.717, 1.165) is 28.3 Å². The SMILES string of the molecule is Cc1cc(C)c(CNc2c(C)c(C)nc3ncnn23)c(=O)[nH]1. The average Bonchev–Trinajstić information content (AvgIpc) is 2.89. The molecule has 0 aliphatic carbocycles. The highest BCUT2D eigenvalue weighted by molar-refractivity contribution is 5.52. The van der Waals surface area contributed by atoms with Gasteiger partial charge in [0.1, 0.15) is 12.1 Å². The van der Waals surface area contributed by atoms with Gasteiger partial charge >= 0.3 is 0 Å². The molecular formula is C15H18N6O. The summed E-state index contributed by atoms with van der Waals surface area (Å²) in [4.78, 5) is 23.4. The molecule has 0 fully saturated rings. The smallest absolute Gasteiger partial charge is 0.254 e. The number of nitrogens with zero attached hydrogens (tertiary/aromatic N) is 4. The Bertz CT molecular complexity index is 908. The van der Waals surface area contributed by atoms with Gasteiger partial charge in [0, 0.05) is 29.1 Å². The van der Waals surface area contributed by atoms with Gasteiger partial charge in [0.2, 0.25) is 0 Å². The normalized spacial score (nSPS) is 11.1. The molecule has 3 rings (SSSR count). The zero-order valence-electron chi connectivity index (χ0n) is 13.1. The lowest BCUT2D eigenvalue weighted by Crippen LogP contribution is -2.20. The first-order chi connectivity index (χ1) is 10.5. The van der Waals surface area contributed by atoms with E-state index < -0.39 is 0 Å². The highest BCUT2D eigenvalue weighted by Crippen LogP contribution is 2.18. The Morgan fingerprint density at radius 1 is 1.27 bits per heavy atom. The first kappa shape index (κ1) is 14.2. The van der Waals surface area contributed by atoms with Crippen LogP contribution in [0.3, 0.4) is 0 Å². The van der Waals surface area contributed by atoms with Gasteiger partial charge in [-0.1, -0.05) is 0 Å². The number of fused-ring (bicyclic) bond motifs is 1. The van der Waals surface area contributed by atoms with Crippen LogP contribution in [0.15, 0.2) is 17.2 Å². The Morgan fingerprint density at radius 3 is 2.77 bits per heavy atom. The van der Waals surface area contributed by atoms with Crippen molar-refractivity contribution in [2.24, 2.45) is 0 Å². The monoisotopic (exact) mass is 298 g/mol. The van der Waals surface area contributed by atoms with Crippen LogP contribution in [0.25, 0.3) is 5.78 Å². The Morgan fingerprint density at radius 2 is 2.05 bits per heavy atom. The summed E-state index contributed by atoms with van der Waals surface area (Å²) < 4.78 is 1.65. The van der Waals surface area contributed by atoms with Crippen LogP contribution in [-0.2, 0) is 6.54 Å². The molecule has 0 amide bonds. The first-order valence-electron chi connectivity index (χ1n) is 7.07. The second-order valence-electron chi connectivity index (χ2n) is 5.44. The van der Waals surface area contributed by atoms with Gasteiger partial charge in [0.05, 0.1) is 0 Å². The summed E-state index contributed by atoms with van der Waals surface area (Å²) >= 11 is 0. The maximum absolute atomic E-state index is 12.1. The summed E-state index contributed by atoms with van der Waals surface area (Å²) in [5, 5.41) is 7.49. The molecule has 114 valence electrons. The van der Waals surface area contributed by atoms with E-state index in [1.807, 2.05) is 33.8 Å². The molecule has 0 saturated heterocycles. The number of pyridine rings is 1. The van der Waals surface area contributed by atoms with Gasteiger partial charge in [0.15, 0.2) is 0 Å². The molecule has 0 radical (unpaired) electrons. The number of H-pyrrole nitrogens is 1. The summed E-state index contributed by atoms with van der Waals surface area (Å²) in [5.74, 6) is 1.35. The van der Waals surface area contributed by atoms with E-state index in [0.29, 0.717) is 17.9 Å². The third kappa shape index (κ3) is 2.34. The molecule has 7 nitrogen and oxygen atoms in total. The Balaban J connectivity index is 2.00. The number of hydrogen-bond donors (Lipinski definition) is 2. The summed E-state index contributed by atoms with van der Waals surface area (Å²) in [5.41, 5.74) is 4.35. The van der Waals surface area contributed by atoms with E-state index in [2.05, 4.69) is 25.4 Å². The van der Waals surface area contributed by atoms with Crippen molar-refractivity contribution in [1.29, 1.82) is 0 Å². The molecule has 3 aromatic heterocycles. The highest BCUT2D eigenvalue weighted by atomic mass is 16.1. The summed E-state index contributed by atoms with van der Waals surface area (Å²) in [6, 6.07) is 1.97. The van der Waals surface area contributed by atoms with Crippen molar-refractivity contribution in [2.75, 3.05) is 5.32 Å². The van der Waals surface area contributed by atoms with Crippen molar-refractivity contribution in [1.82, 2.24) is 24.6 Å². The lowest BCUT2D eigenvalue weighted by molar-refractivity contribution is 0.896. The summed E-state index contributed by atoms with van der Waals surface area (Å²) in [7, 11) is 0. The van der Waals surface area contributed by atoms with E-state index in [4.69, 9.17) is 0 Å². The predicted octanol–water partition coefficient (Wildman–Crippen LogP) is 1.66. The van der Waals surface area contributed by atoms with Gasteiger partial charge in [-0.05, 0) is 39.3 Å². The number of aryl methyl sites for hydroxylation is 3. The van der Waals surface area contributed by atoms with Crippen molar-refractivity contribution >= 4 is 11.6 Å². The lowest BCUT2D eigenvalue weighted by atomic mass is 10.1. The largest absolute Gasteiger partial charge is 0.365 e. The van der Waals surface area contributed by atoms with E-state index in [1.165, 1.54) is 6.33 Å². The fourth-order valence-electron chi connectivity index (χ4n) is 2.51. The van der Waals surface area contributed by atoms with Crippen LogP contribution < -0.4 is 10.9 Å². The average molecular weight is 298 g/mol. The van der Waals surface area contributed by atoms with E-state index in [1.54, 1.807) is 4.52 Å². The van der Waals surface area contributed by atoms with E-state index in [9.17, 15) is 4.79 Å². The van der Waals surface area contributed by atoms with Gasteiger partial charge in [-0.3, -0.25) is 4.79 Å². The molecule has 0 aromatic carbocycles. The molecule has 3 aromatic rings. The second-order valence-corrected chi connectivity index (χ2v) is 5.44. The zero-order chi connectivity index (χ0) is 15.9. The van der Waals surface area contributed by atoms with Crippen LogP contribution >= 0.6 is 0 Å². The van der Waals surface area contributed by atoms with Gasteiger partial charge in [0.25, 0.3) is 11.3 Å². The van der Waals surface area contributed by atoms with Gasteiger partial charge in [-0.2, -0.15) is 14.6 Å². The first-order valence-corrected chi connectivity index (χ1v) is 7.07. The third-order valence-electron chi connectivity index (χ3n) is 3.83. The molecule has 0 spiro atoms. The fourth-order valence-corrected chi connectivity index (χ4v) is 2.51. The number of hydrogen-bond acceptors (Lipinski definition) is 5. The molecule has 22 heavy (non-hydrogen) atoms. The van der Waals surface area contributed by atoms with Crippen LogP contribution in [0, 0.1) is 27.7 Å². The zero-order valence-corrected chi connectivity index (χ0v) is 13.1. The van der Waals surface area contributed by atoms with Gasteiger partial charge < -0.3 is 10.3 Å². The molecule has 0 unspecified atom stereocenters. The van der Waals surface area contributed by atoms with Crippen LogP contribution in [0.4, 0.5) is 5.82 Å². The number of nitrogens with one attached hydrogen (secondary N) is 2. The fraction of sp³-hybridized carbons (Fsp3) is 0.333. The van der Waals surface area contributed by atoms with Crippen molar-refractivity contribution in [2.45, 2.75) is 34.2 Å². The Kier molecular flexibility index (Phi) is 3.40. The maximum atomic E-state index is 12.1. The third-order valence-corrected chi connectivity index (χ3v) is 3.83. The lowest BCUT2D eigenvalue weighted by Gasteiger charge is -2.13. The number of anilines is 1. The Labute approximate surface area is 127 Å². The molecule has 7 heteroatoms. The minimum Gasteiger partial charge on any atom is -0.365 e. The Hall–Kier alpha value is -2.70. The van der Waals surface area contributed by atoms with Gasteiger partial charge in [-0.25, -0.2) is 4.98 Å². The van der Waals surface area contributed by atoms with Crippen molar-refractivity contribution in [3.63, 3.8) is 0 Å². The van der Waals surface area contributed by atoms with Crippen LogP contribution in [0.1, 0.15) is 28.1 Å². The van der Waals surface area contributed by atoms with Crippen LogP contribution in [0.5, 0.6) is 0 Å². The summed E-state index contributed by atoms with van der Waals surface area (Å²) in [6.07, 6.45) is 1.47. The summed E-state index contributed by atoms with van der Waals surface area (Å²) in [6.45, 7) is 8.13. The number of rotatable bonds is 3. The molecule has 0 aliphatic heterocycles. The maximum Gasteiger partial charge on any atom is 0.254 e. The molecule has 0 saturated carbocycles. The molecular weight excluding hydrogens is 280 g/mol. The van der Waals surface area contributed by atoms with Crippen molar-refractivity contribution in [3.8, 4) is 0 Å². The highest BCUT2D eigenvalue weighted by Gasteiger charge is 2.12. The van der Waals surface area contributed by atoms with E-state index >= 15 is 0 Å². The minimum atomic E-state index is -0.0664.